The third kappa shape index (κ3) is 6.64. The largest absolute Gasteiger partial charge is 0.393 e. The lowest BCUT2D eigenvalue weighted by atomic mass is 9.77. The fourth-order valence-corrected chi connectivity index (χ4v) is 6.95. The minimum atomic E-state index is -1.33. The molecular weight excluding hydrogens is 586 g/mol. The van der Waals surface area contributed by atoms with Gasteiger partial charge in [0.2, 0.25) is 0 Å². The van der Waals surface area contributed by atoms with Gasteiger partial charge in [-0.15, -0.1) is 0 Å². The molecule has 1 aromatic carbocycles. The van der Waals surface area contributed by atoms with Gasteiger partial charge in [0.25, 0.3) is 5.91 Å². The summed E-state index contributed by atoms with van der Waals surface area (Å²) in [6.07, 6.45) is 7.69. The molecule has 4 aromatic rings. The number of nitrogens with zero attached hydrogens (tertiary/aromatic N) is 5. The number of carbonyl (C=O) groups excluding carboxylic acids is 1. The van der Waals surface area contributed by atoms with E-state index in [9.17, 15) is 9.90 Å². The van der Waals surface area contributed by atoms with Crippen LogP contribution in [0.25, 0.3) is 22.2 Å². The lowest BCUT2D eigenvalue weighted by Crippen LogP contribution is -2.52. The summed E-state index contributed by atoms with van der Waals surface area (Å²) in [7, 11) is 0. The van der Waals surface area contributed by atoms with Crippen molar-refractivity contribution in [2.24, 2.45) is 5.92 Å². The maximum Gasteiger partial charge on any atom is 0.251 e. The molecule has 1 fully saturated rings. The topological polar surface area (TPSA) is 104 Å². The predicted octanol–water partition coefficient (Wildman–Crippen LogP) is 6.18. The maximum atomic E-state index is 15.6. The average molecular weight is 629 g/mol. The normalized spacial score (nSPS) is 22.0. The van der Waals surface area contributed by atoms with Gasteiger partial charge in [0.15, 0.2) is 0 Å². The Hall–Kier alpha value is -3.89. The van der Waals surface area contributed by atoms with Gasteiger partial charge in [0.1, 0.15) is 17.0 Å². The summed E-state index contributed by atoms with van der Waals surface area (Å²) < 4.78 is 31.0. The molecule has 0 radical (unpaired) electrons. The van der Waals surface area contributed by atoms with Crippen LogP contribution in [0.15, 0.2) is 55.0 Å². The zero-order valence-corrected chi connectivity index (χ0v) is 26.9. The summed E-state index contributed by atoms with van der Waals surface area (Å²) in [5.41, 5.74) is 2.73. The lowest BCUT2D eigenvalue weighted by Gasteiger charge is -2.45. The third-order valence-corrected chi connectivity index (χ3v) is 9.98. The number of alkyl halides is 1. The Morgan fingerprint density at radius 1 is 1.15 bits per heavy atom. The van der Waals surface area contributed by atoms with E-state index >= 15 is 8.78 Å². The Morgan fingerprint density at radius 2 is 1.98 bits per heavy atom. The van der Waals surface area contributed by atoms with Crippen LogP contribution in [0.1, 0.15) is 86.6 Å². The van der Waals surface area contributed by atoms with Gasteiger partial charge in [0.05, 0.1) is 30.2 Å². The Labute approximate surface area is 268 Å². The van der Waals surface area contributed by atoms with Crippen molar-refractivity contribution in [3.05, 3.63) is 83.2 Å². The van der Waals surface area contributed by atoms with Crippen molar-refractivity contribution in [3.8, 4) is 11.3 Å². The molecule has 1 aliphatic heterocycles. The second-order valence-corrected chi connectivity index (χ2v) is 13.9. The summed E-state index contributed by atoms with van der Waals surface area (Å²) in [4.78, 5) is 25.3. The molecule has 3 aromatic heterocycles. The van der Waals surface area contributed by atoms with Crippen LogP contribution in [0.3, 0.4) is 0 Å². The van der Waals surface area contributed by atoms with Crippen LogP contribution in [0.5, 0.6) is 0 Å². The minimum absolute atomic E-state index is 0.146. The number of aliphatic hydroxyl groups excluding tert-OH is 1. The highest BCUT2D eigenvalue weighted by Crippen LogP contribution is 2.38. The van der Waals surface area contributed by atoms with Crippen molar-refractivity contribution in [1.82, 2.24) is 30.4 Å². The number of pyridine rings is 2. The van der Waals surface area contributed by atoms with Gasteiger partial charge in [-0.05, 0) is 93.3 Å². The summed E-state index contributed by atoms with van der Waals surface area (Å²) in [6.45, 7) is 9.45. The number of aromatic nitrogens is 4. The van der Waals surface area contributed by atoms with Crippen LogP contribution in [0, 0.1) is 11.7 Å². The maximum absolute atomic E-state index is 15.6. The van der Waals surface area contributed by atoms with Crippen molar-refractivity contribution < 1.29 is 18.7 Å². The van der Waals surface area contributed by atoms with Crippen LogP contribution in [0.2, 0.25) is 0 Å². The molecule has 46 heavy (non-hydrogen) atoms. The molecule has 1 saturated heterocycles. The number of piperidine rings is 1. The Morgan fingerprint density at radius 3 is 2.67 bits per heavy atom. The zero-order valence-electron chi connectivity index (χ0n) is 26.9. The average Bonchev–Trinajstić information content (AvgIpc) is 3.03. The van der Waals surface area contributed by atoms with E-state index in [0.29, 0.717) is 44.0 Å². The van der Waals surface area contributed by atoms with Gasteiger partial charge in [0, 0.05) is 53.5 Å². The highest BCUT2D eigenvalue weighted by atomic mass is 19.1. The van der Waals surface area contributed by atoms with E-state index in [0.717, 1.165) is 34.6 Å². The number of nitrogens with one attached hydrogen (secondary N) is 1. The first kappa shape index (κ1) is 32.1. The Balaban J connectivity index is 1.27. The second-order valence-electron chi connectivity index (χ2n) is 13.9. The molecule has 2 aliphatic rings. The summed E-state index contributed by atoms with van der Waals surface area (Å²) >= 11 is 0. The van der Waals surface area contributed by atoms with Crippen molar-refractivity contribution in [2.75, 3.05) is 13.1 Å². The fourth-order valence-electron chi connectivity index (χ4n) is 6.95. The number of hydrogen-bond donors (Lipinski definition) is 2. The number of rotatable bonds is 8. The molecule has 6 rings (SSSR count). The van der Waals surface area contributed by atoms with Gasteiger partial charge in [-0.3, -0.25) is 14.7 Å². The molecule has 3 atom stereocenters. The summed E-state index contributed by atoms with van der Waals surface area (Å²) in [5.74, 6) is -1.14. The number of carbonyl (C=O) groups is 1. The number of aryl methyl sites for hydroxylation is 1. The molecule has 0 saturated carbocycles. The van der Waals surface area contributed by atoms with Gasteiger partial charge < -0.3 is 10.4 Å². The molecule has 1 aliphatic carbocycles. The number of hydrogen-bond acceptors (Lipinski definition) is 7. The molecule has 0 bridgehead atoms. The number of likely N-dealkylation sites (tertiary alicyclic amines) is 1. The molecule has 2 N–H and O–H groups in total. The van der Waals surface area contributed by atoms with Crippen LogP contribution >= 0.6 is 0 Å². The summed E-state index contributed by atoms with van der Waals surface area (Å²) in [5, 5.41) is 21.6. The number of aliphatic hydroxyl groups is 1. The molecular formula is C36H42F2N6O2. The molecule has 4 heterocycles. The third-order valence-electron chi connectivity index (χ3n) is 9.98. The van der Waals surface area contributed by atoms with Crippen molar-refractivity contribution >= 4 is 16.8 Å². The first-order valence-corrected chi connectivity index (χ1v) is 16.2. The van der Waals surface area contributed by atoms with Gasteiger partial charge in [-0.1, -0.05) is 19.9 Å². The van der Waals surface area contributed by atoms with Gasteiger partial charge in [-0.25, -0.2) is 13.8 Å². The van der Waals surface area contributed by atoms with E-state index < -0.39 is 23.4 Å². The van der Waals surface area contributed by atoms with Crippen LogP contribution in [-0.2, 0) is 12.8 Å². The minimum Gasteiger partial charge on any atom is -0.393 e. The van der Waals surface area contributed by atoms with Gasteiger partial charge in [-0.2, -0.15) is 10.2 Å². The quantitative estimate of drug-likeness (QED) is 0.240. The Bertz CT molecular complexity index is 1720. The lowest BCUT2D eigenvalue weighted by molar-refractivity contribution is -0.00397. The van der Waals surface area contributed by atoms with Crippen LogP contribution in [0.4, 0.5) is 8.78 Å². The zero-order chi connectivity index (χ0) is 32.6. The highest BCUT2D eigenvalue weighted by molar-refractivity contribution is 5.98. The first-order chi connectivity index (χ1) is 21.9. The SMILES string of the molecule is CC(C)[C@]1(F)CCc2nc3c(F)cc(C(=O)N[C@H](CCN4CCC(O)CC4(C)C)c4ccc(-c5ccnnc5)nc4)cc3cc2C1. The van der Waals surface area contributed by atoms with E-state index in [1.54, 1.807) is 30.7 Å². The second kappa shape index (κ2) is 12.7. The van der Waals surface area contributed by atoms with Crippen molar-refractivity contribution in [1.29, 1.82) is 0 Å². The molecule has 0 spiro atoms. The number of halogens is 2. The van der Waals surface area contributed by atoms with Crippen molar-refractivity contribution in [2.45, 2.75) is 89.6 Å². The van der Waals surface area contributed by atoms with E-state index in [-0.39, 0.29) is 35.1 Å². The molecule has 8 nitrogen and oxygen atoms in total. The summed E-state index contributed by atoms with van der Waals surface area (Å²) in [6, 6.07) is 9.93. The Kier molecular flexibility index (Phi) is 8.87. The number of benzene rings is 1. The number of amides is 1. The predicted molar refractivity (Wildman–Crippen MR) is 173 cm³/mol. The monoisotopic (exact) mass is 628 g/mol. The fraction of sp³-hybridized carbons (Fsp3) is 0.472. The first-order valence-electron chi connectivity index (χ1n) is 16.2. The van der Waals surface area contributed by atoms with Gasteiger partial charge >= 0.3 is 0 Å². The van der Waals surface area contributed by atoms with Crippen LogP contribution < -0.4 is 5.32 Å². The van der Waals surface area contributed by atoms with E-state index in [2.05, 4.69) is 44.2 Å². The highest BCUT2D eigenvalue weighted by Gasteiger charge is 2.38. The van der Waals surface area contributed by atoms with Crippen molar-refractivity contribution in [3.63, 3.8) is 0 Å². The molecule has 1 amide bonds. The van der Waals surface area contributed by atoms with E-state index in [1.165, 1.54) is 6.07 Å². The number of fused-ring (bicyclic) bond motifs is 2. The van der Waals surface area contributed by atoms with Crippen LogP contribution in [-0.4, -0.2) is 66.5 Å². The smallest absolute Gasteiger partial charge is 0.251 e. The molecule has 242 valence electrons. The van der Waals surface area contributed by atoms with E-state index in [4.69, 9.17) is 0 Å². The van der Waals surface area contributed by atoms with E-state index in [1.807, 2.05) is 32.0 Å². The molecule has 10 heteroatoms. The molecule has 1 unspecified atom stereocenters. The standard InChI is InChI=1S/C36H42F2N6O2/c1-22(2)36(38)11-7-31-27(18-36)16-25-15-26(17-29(37)33(25)42-31)34(46)43-32(10-14-44-13-9-28(45)19-35(44,3)4)23-5-6-30(39-20-23)24-8-12-40-41-21-24/h5-6,8,12,15-17,20-22,28,32,45H,7,9-11,13-14,18-19H2,1-4H3,(H,43,46)/t28?,32-,36+/m1/s1.